The number of nitrogens with zero attached hydrogens (tertiary/aromatic N) is 2. The first kappa shape index (κ1) is 19.1. The predicted molar refractivity (Wildman–Crippen MR) is 122 cm³/mol. The molecule has 1 saturated heterocycles. The molecule has 152 valence electrons. The molecule has 0 N–H and O–H groups in total. The van der Waals surface area contributed by atoms with E-state index in [1.165, 1.54) is 22.3 Å². The highest BCUT2D eigenvalue weighted by atomic mass is 16.2. The van der Waals surface area contributed by atoms with Crippen LogP contribution in [0.5, 0.6) is 0 Å². The van der Waals surface area contributed by atoms with Crippen LogP contribution in [0, 0.1) is 0 Å². The summed E-state index contributed by atoms with van der Waals surface area (Å²) in [5.74, 6) is 0.293. The monoisotopic (exact) mass is 396 g/mol. The number of para-hydroxylation sites is 1. The second kappa shape index (κ2) is 8.45. The predicted octanol–water partition coefficient (Wildman–Crippen LogP) is 5.30. The molecule has 0 saturated carbocycles. The standard InChI is InChI=1S/C27H28N2O/c30-27-15-14-22-10-5-7-13-26(22)29(27)24-16-18-28(19-17-24)20-23-11-4-6-12-25(23)21-8-2-1-3-9-21/h1-13,24H,14-20H2. The van der Waals surface area contributed by atoms with Gasteiger partial charge in [-0.25, -0.2) is 0 Å². The molecular formula is C27H28N2O. The van der Waals surface area contributed by atoms with Crippen molar-refractivity contribution in [2.75, 3.05) is 18.0 Å². The third kappa shape index (κ3) is 3.78. The van der Waals surface area contributed by atoms with Crippen molar-refractivity contribution in [1.82, 2.24) is 4.90 Å². The first-order valence-electron chi connectivity index (χ1n) is 11.1. The van der Waals surface area contributed by atoms with Crippen molar-refractivity contribution in [2.24, 2.45) is 0 Å². The van der Waals surface area contributed by atoms with E-state index < -0.39 is 0 Å². The van der Waals surface area contributed by atoms with Crippen LogP contribution in [0.4, 0.5) is 5.69 Å². The lowest BCUT2D eigenvalue weighted by atomic mass is 9.94. The molecule has 2 aliphatic heterocycles. The van der Waals surface area contributed by atoms with Gasteiger partial charge in [-0.3, -0.25) is 9.69 Å². The SMILES string of the molecule is O=C1CCc2ccccc2N1C1CCN(Cc2ccccc2-c2ccccc2)CC1. The maximum absolute atomic E-state index is 12.7. The molecular weight excluding hydrogens is 368 g/mol. The average Bonchev–Trinajstić information content (AvgIpc) is 2.81. The van der Waals surface area contributed by atoms with Crippen LogP contribution < -0.4 is 4.90 Å². The van der Waals surface area contributed by atoms with Gasteiger partial charge >= 0.3 is 0 Å². The summed E-state index contributed by atoms with van der Waals surface area (Å²) in [6, 6.07) is 28.1. The zero-order valence-electron chi connectivity index (χ0n) is 17.3. The van der Waals surface area contributed by atoms with Crippen LogP contribution in [-0.2, 0) is 17.8 Å². The number of carbonyl (C=O) groups is 1. The Morgan fingerprint density at radius 2 is 1.47 bits per heavy atom. The van der Waals surface area contributed by atoms with Gasteiger partial charge in [0.2, 0.25) is 5.91 Å². The van der Waals surface area contributed by atoms with Gasteiger partial charge in [0, 0.05) is 37.8 Å². The minimum absolute atomic E-state index is 0.293. The van der Waals surface area contributed by atoms with E-state index in [1.807, 2.05) is 0 Å². The quantitative estimate of drug-likeness (QED) is 0.598. The third-order valence-corrected chi connectivity index (χ3v) is 6.55. The fourth-order valence-electron chi connectivity index (χ4n) is 4.99. The summed E-state index contributed by atoms with van der Waals surface area (Å²) < 4.78 is 0. The Hall–Kier alpha value is -2.91. The molecule has 30 heavy (non-hydrogen) atoms. The zero-order chi connectivity index (χ0) is 20.3. The summed E-state index contributed by atoms with van der Waals surface area (Å²) in [4.78, 5) is 17.4. The van der Waals surface area contributed by atoms with Gasteiger partial charge in [0.25, 0.3) is 0 Å². The summed E-state index contributed by atoms with van der Waals surface area (Å²) in [5, 5.41) is 0. The first-order valence-corrected chi connectivity index (χ1v) is 11.1. The number of likely N-dealkylation sites (tertiary alicyclic amines) is 1. The lowest BCUT2D eigenvalue weighted by Crippen LogP contribution is -2.49. The Bertz CT molecular complexity index is 1020. The summed E-state index contributed by atoms with van der Waals surface area (Å²) in [7, 11) is 0. The van der Waals surface area contributed by atoms with Crippen LogP contribution in [0.2, 0.25) is 0 Å². The second-order valence-corrected chi connectivity index (χ2v) is 8.42. The number of piperidine rings is 1. The van der Waals surface area contributed by atoms with Gasteiger partial charge in [-0.2, -0.15) is 0 Å². The van der Waals surface area contributed by atoms with E-state index in [0.29, 0.717) is 18.4 Å². The van der Waals surface area contributed by atoms with Crippen LogP contribution in [0.3, 0.4) is 0 Å². The van der Waals surface area contributed by atoms with Crippen molar-refractivity contribution >= 4 is 11.6 Å². The van der Waals surface area contributed by atoms with Gasteiger partial charge in [-0.05, 0) is 47.6 Å². The van der Waals surface area contributed by atoms with E-state index in [2.05, 4.69) is 88.7 Å². The van der Waals surface area contributed by atoms with Crippen molar-refractivity contribution in [2.45, 2.75) is 38.3 Å². The van der Waals surface area contributed by atoms with Crippen LogP contribution in [0.25, 0.3) is 11.1 Å². The summed E-state index contributed by atoms with van der Waals surface area (Å²) in [6.07, 6.45) is 3.59. The molecule has 0 unspecified atom stereocenters. The van der Waals surface area contributed by atoms with Crippen molar-refractivity contribution < 1.29 is 4.79 Å². The number of fused-ring (bicyclic) bond motifs is 1. The van der Waals surface area contributed by atoms with E-state index in [0.717, 1.165) is 44.6 Å². The number of hydrogen-bond acceptors (Lipinski definition) is 2. The number of amides is 1. The van der Waals surface area contributed by atoms with Crippen molar-refractivity contribution in [1.29, 1.82) is 0 Å². The van der Waals surface area contributed by atoms with Crippen LogP contribution in [0.1, 0.15) is 30.4 Å². The molecule has 0 bridgehead atoms. The number of carbonyl (C=O) groups excluding carboxylic acids is 1. The van der Waals surface area contributed by atoms with Gasteiger partial charge in [0.05, 0.1) is 0 Å². The van der Waals surface area contributed by atoms with Crippen molar-refractivity contribution in [3.05, 3.63) is 90.0 Å². The molecule has 0 radical (unpaired) electrons. The molecule has 5 rings (SSSR count). The van der Waals surface area contributed by atoms with Gasteiger partial charge in [0.1, 0.15) is 0 Å². The van der Waals surface area contributed by atoms with Crippen LogP contribution in [-0.4, -0.2) is 29.9 Å². The second-order valence-electron chi connectivity index (χ2n) is 8.42. The van der Waals surface area contributed by atoms with Crippen LogP contribution >= 0.6 is 0 Å². The Morgan fingerprint density at radius 3 is 2.30 bits per heavy atom. The molecule has 0 spiro atoms. The Balaban J connectivity index is 1.29. The Morgan fingerprint density at radius 1 is 0.767 bits per heavy atom. The van der Waals surface area contributed by atoms with Crippen molar-refractivity contribution in [3.63, 3.8) is 0 Å². The molecule has 3 heteroatoms. The maximum Gasteiger partial charge on any atom is 0.227 e. The van der Waals surface area contributed by atoms with Gasteiger partial charge < -0.3 is 4.90 Å². The molecule has 3 aromatic rings. The highest BCUT2D eigenvalue weighted by Crippen LogP contribution is 2.33. The van der Waals surface area contributed by atoms with Gasteiger partial charge in [-0.15, -0.1) is 0 Å². The minimum atomic E-state index is 0.293. The normalized spacial score (nSPS) is 17.7. The molecule has 1 fully saturated rings. The Kier molecular flexibility index (Phi) is 5.37. The molecule has 0 aliphatic carbocycles. The average molecular weight is 397 g/mol. The smallest absolute Gasteiger partial charge is 0.227 e. The lowest BCUT2D eigenvalue weighted by molar-refractivity contribution is -0.119. The number of rotatable bonds is 4. The molecule has 2 heterocycles. The lowest BCUT2D eigenvalue weighted by Gasteiger charge is -2.41. The number of aryl methyl sites for hydroxylation is 1. The van der Waals surface area contributed by atoms with Crippen LogP contribution in [0.15, 0.2) is 78.9 Å². The fraction of sp³-hybridized carbons (Fsp3) is 0.296. The fourth-order valence-corrected chi connectivity index (χ4v) is 4.99. The minimum Gasteiger partial charge on any atom is -0.309 e. The molecule has 3 nitrogen and oxygen atoms in total. The summed E-state index contributed by atoms with van der Waals surface area (Å²) in [5.41, 5.74) is 6.43. The van der Waals surface area contributed by atoms with E-state index in [4.69, 9.17) is 0 Å². The molecule has 2 aliphatic rings. The molecule has 3 aromatic carbocycles. The van der Waals surface area contributed by atoms with Gasteiger partial charge in [-0.1, -0.05) is 72.8 Å². The molecule has 0 atom stereocenters. The van der Waals surface area contributed by atoms with E-state index in [9.17, 15) is 4.79 Å². The maximum atomic E-state index is 12.7. The summed E-state index contributed by atoms with van der Waals surface area (Å²) >= 11 is 0. The highest BCUT2D eigenvalue weighted by Gasteiger charge is 2.32. The largest absolute Gasteiger partial charge is 0.309 e. The topological polar surface area (TPSA) is 23.6 Å². The van der Waals surface area contributed by atoms with Crippen molar-refractivity contribution in [3.8, 4) is 11.1 Å². The Labute approximate surface area is 178 Å². The first-order chi connectivity index (χ1) is 14.8. The highest BCUT2D eigenvalue weighted by molar-refractivity contribution is 5.97. The number of anilines is 1. The van der Waals surface area contributed by atoms with Gasteiger partial charge in [0.15, 0.2) is 0 Å². The third-order valence-electron chi connectivity index (χ3n) is 6.55. The van der Waals surface area contributed by atoms with E-state index in [-0.39, 0.29) is 0 Å². The number of benzene rings is 3. The van der Waals surface area contributed by atoms with E-state index >= 15 is 0 Å². The molecule has 0 aromatic heterocycles. The zero-order valence-corrected chi connectivity index (χ0v) is 17.3. The van der Waals surface area contributed by atoms with E-state index in [1.54, 1.807) is 0 Å². The molecule has 1 amide bonds. The number of hydrogen-bond donors (Lipinski definition) is 0. The summed E-state index contributed by atoms with van der Waals surface area (Å²) in [6.45, 7) is 3.02.